The first-order chi connectivity index (χ1) is 11.0. The highest BCUT2D eigenvalue weighted by Gasteiger charge is 2.24. The van der Waals surface area contributed by atoms with Gasteiger partial charge in [-0.05, 0) is 26.3 Å². The third kappa shape index (κ3) is 4.37. The second-order valence-electron chi connectivity index (χ2n) is 4.89. The van der Waals surface area contributed by atoms with Crippen LogP contribution in [0.4, 0.5) is 5.69 Å². The molecule has 1 N–H and O–H groups in total. The first-order valence-electron chi connectivity index (χ1n) is 6.90. The number of methoxy groups -OCH3 is 1. The Kier molecular flexibility index (Phi) is 7.46. The molecule has 8 nitrogen and oxygen atoms in total. The standard InChI is InChI=1S/C14H18N4O4S.ClH/c1-8(15-2)5-13-16-14(22-17-13)9-6-12(23-4)11(21-3)7-10(9)18(19)20;/h6-8,15H,5H2,1-4H3;1H. The predicted molar refractivity (Wildman–Crippen MR) is 94.2 cm³/mol. The summed E-state index contributed by atoms with van der Waals surface area (Å²) in [6.45, 7) is 1.98. The second kappa shape index (κ2) is 8.86. The van der Waals surface area contributed by atoms with Gasteiger partial charge in [-0.2, -0.15) is 4.98 Å². The van der Waals surface area contributed by atoms with Crippen LogP contribution >= 0.6 is 24.2 Å². The molecule has 0 bridgehead atoms. The normalized spacial score (nSPS) is 11.7. The van der Waals surface area contributed by atoms with Gasteiger partial charge in [-0.3, -0.25) is 10.1 Å². The Morgan fingerprint density at radius 2 is 2.21 bits per heavy atom. The SMILES string of the molecule is CNC(C)Cc1noc(-c2cc(SC)c(OC)cc2[N+](=O)[O-])n1.Cl. The van der Waals surface area contributed by atoms with Crippen molar-refractivity contribution in [3.8, 4) is 17.2 Å². The number of hydrogen-bond donors (Lipinski definition) is 1. The number of rotatable bonds is 7. The van der Waals surface area contributed by atoms with Crippen LogP contribution in [-0.4, -0.2) is 41.5 Å². The molecule has 0 fully saturated rings. The third-order valence-electron chi connectivity index (χ3n) is 3.38. The predicted octanol–water partition coefficient (Wildman–Crippen LogP) is 2.95. The fourth-order valence-corrected chi connectivity index (χ4v) is 2.59. The van der Waals surface area contributed by atoms with Crippen LogP contribution in [0.25, 0.3) is 11.5 Å². The van der Waals surface area contributed by atoms with E-state index in [-0.39, 0.29) is 35.6 Å². The lowest BCUT2D eigenvalue weighted by Crippen LogP contribution is -2.24. The average Bonchev–Trinajstić information content (AvgIpc) is 3.01. The van der Waals surface area contributed by atoms with Crippen LogP contribution in [0.1, 0.15) is 12.7 Å². The van der Waals surface area contributed by atoms with Crippen LogP contribution in [0.15, 0.2) is 21.6 Å². The number of aromatic nitrogens is 2. The van der Waals surface area contributed by atoms with Gasteiger partial charge in [-0.1, -0.05) is 5.16 Å². The van der Waals surface area contributed by atoms with E-state index in [0.717, 1.165) is 4.90 Å². The highest BCUT2D eigenvalue weighted by Crippen LogP contribution is 2.38. The molecule has 0 radical (unpaired) electrons. The van der Waals surface area contributed by atoms with Crippen molar-refractivity contribution >= 4 is 29.9 Å². The zero-order valence-electron chi connectivity index (χ0n) is 13.7. The molecule has 1 aromatic carbocycles. The monoisotopic (exact) mass is 374 g/mol. The maximum absolute atomic E-state index is 11.3. The molecular weight excluding hydrogens is 356 g/mol. The van der Waals surface area contributed by atoms with Crippen LogP contribution < -0.4 is 10.1 Å². The van der Waals surface area contributed by atoms with Crippen molar-refractivity contribution in [2.24, 2.45) is 0 Å². The molecule has 0 saturated carbocycles. The van der Waals surface area contributed by atoms with Gasteiger partial charge in [0, 0.05) is 12.5 Å². The van der Waals surface area contributed by atoms with Crippen molar-refractivity contribution < 1.29 is 14.2 Å². The van der Waals surface area contributed by atoms with Gasteiger partial charge >= 0.3 is 0 Å². The number of ether oxygens (including phenoxy) is 1. The second-order valence-corrected chi connectivity index (χ2v) is 5.74. The summed E-state index contributed by atoms with van der Waals surface area (Å²) in [5.74, 6) is 1.07. The Labute approximate surface area is 149 Å². The van der Waals surface area contributed by atoms with Gasteiger partial charge in [-0.25, -0.2) is 0 Å². The van der Waals surface area contributed by atoms with Crippen molar-refractivity contribution in [3.05, 3.63) is 28.1 Å². The summed E-state index contributed by atoms with van der Waals surface area (Å²) in [5.41, 5.74) is 0.160. The van der Waals surface area contributed by atoms with E-state index >= 15 is 0 Å². The minimum absolute atomic E-state index is 0. The van der Waals surface area contributed by atoms with Gasteiger partial charge in [0.25, 0.3) is 11.6 Å². The van der Waals surface area contributed by atoms with Gasteiger partial charge in [0.1, 0.15) is 11.3 Å². The molecule has 1 heterocycles. The molecule has 10 heteroatoms. The molecule has 1 unspecified atom stereocenters. The molecule has 0 spiro atoms. The zero-order valence-corrected chi connectivity index (χ0v) is 15.4. The number of nitrogens with one attached hydrogen (secondary N) is 1. The molecule has 0 aliphatic rings. The van der Waals surface area contributed by atoms with Crippen molar-refractivity contribution in [1.29, 1.82) is 0 Å². The van der Waals surface area contributed by atoms with Crippen LogP contribution in [0.5, 0.6) is 5.75 Å². The highest BCUT2D eigenvalue weighted by molar-refractivity contribution is 7.98. The first kappa shape index (κ1) is 20.2. The summed E-state index contributed by atoms with van der Waals surface area (Å²) in [7, 11) is 3.31. The number of benzene rings is 1. The van der Waals surface area contributed by atoms with Gasteiger partial charge in [-0.15, -0.1) is 24.2 Å². The molecule has 2 aromatic rings. The van der Waals surface area contributed by atoms with E-state index in [1.807, 2.05) is 20.2 Å². The van der Waals surface area contributed by atoms with Gasteiger partial charge < -0.3 is 14.6 Å². The van der Waals surface area contributed by atoms with Crippen LogP contribution in [0, 0.1) is 10.1 Å². The van der Waals surface area contributed by atoms with Crippen molar-refractivity contribution in [2.75, 3.05) is 20.4 Å². The van der Waals surface area contributed by atoms with E-state index in [2.05, 4.69) is 15.5 Å². The maximum atomic E-state index is 11.3. The smallest absolute Gasteiger partial charge is 0.285 e. The van der Waals surface area contributed by atoms with E-state index in [4.69, 9.17) is 9.26 Å². The van der Waals surface area contributed by atoms with E-state index in [1.54, 1.807) is 6.07 Å². The van der Waals surface area contributed by atoms with Crippen LogP contribution in [0.2, 0.25) is 0 Å². The molecule has 0 amide bonds. The molecule has 0 saturated heterocycles. The fraction of sp³-hybridized carbons (Fsp3) is 0.429. The van der Waals surface area contributed by atoms with E-state index in [9.17, 15) is 10.1 Å². The van der Waals surface area contributed by atoms with Crippen molar-refractivity contribution in [1.82, 2.24) is 15.5 Å². The lowest BCUT2D eigenvalue weighted by molar-refractivity contribution is -0.384. The third-order valence-corrected chi connectivity index (χ3v) is 4.14. The van der Waals surface area contributed by atoms with Gasteiger partial charge in [0.05, 0.1) is 23.0 Å². The van der Waals surface area contributed by atoms with Gasteiger partial charge in [0.2, 0.25) is 0 Å². The molecular formula is C14H19ClN4O4S. The lowest BCUT2D eigenvalue weighted by atomic mass is 10.1. The Hall–Kier alpha value is -1.84. The Balaban J connectivity index is 0.00000288. The molecule has 2 rings (SSSR count). The fourth-order valence-electron chi connectivity index (χ4n) is 2.01. The summed E-state index contributed by atoms with van der Waals surface area (Å²) >= 11 is 1.42. The molecule has 0 aliphatic carbocycles. The number of nitro groups is 1. The Morgan fingerprint density at radius 1 is 1.50 bits per heavy atom. The largest absolute Gasteiger partial charge is 0.495 e. The number of nitrogens with zero attached hydrogens (tertiary/aromatic N) is 3. The molecule has 0 aliphatic heterocycles. The summed E-state index contributed by atoms with van der Waals surface area (Å²) in [6, 6.07) is 3.19. The zero-order chi connectivity index (χ0) is 17.0. The highest BCUT2D eigenvalue weighted by atomic mass is 35.5. The Morgan fingerprint density at radius 3 is 2.75 bits per heavy atom. The summed E-state index contributed by atoms with van der Waals surface area (Å²) < 4.78 is 10.4. The number of likely N-dealkylation sites (N-methyl/N-ethyl adjacent to an activating group) is 1. The van der Waals surface area contributed by atoms with E-state index in [1.165, 1.54) is 24.9 Å². The Bertz CT molecular complexity index is 710. The lowest BCUT2D eigenvalue weighted by Gasteiger charge is -2.07. The van der Waals surface area contributed by atoms with E-state index < -0.39 is 4.92 Å². The van der Waals surface area contributed by atoms with Crippen molar-refractivity contribution in [3.63, 3.8) is 0 Å². The van der Waals surface area contributed by atoms with Gasteiger partial charge in [0.15, 0.2) is 5.82 Å². The van der Waals surface area contributed by atoms with Crippen LogP contribution in [-0.2, 0) is 6.42 Å². The number of thioether (sulfide) groups is 1. The van der Waals surface area contributed by atoms with E-state index in [0.29, 0.717) is 18.0 Å². The number of nitro benzene ring substituents is 1. The summed E-state index contributed by atoms with van der Waals surface area (Å²) in [4.78, 5) is 15.9. The topological polar surface area (TPSA) is 103 Å². The summed E-state index contributed by atoms with van der Waals surface area (Å²) in [5, 5.41) is 18.3. The molecule has 1 aromatic heterocycles. The minimum atomic E-state index is -0.484. The average molecular weight is 375 g/mol. The molecule has 24 heavy (non-hydrogen) atoms. The van der Waals surface area contributed by atoms with Crippen LogP contribution in [0.3, 0.4) is 0 Å². The minimum Gasteiger partial charge on any atom is -0.495 e. The molecule has 132 valence electrons. The summed E-state index contributed by atoms with van der Waals surface area (Å²) in [6.07, 6.45) is 2.43. The maximum Gasteiger partial charge on any atom is 0.285 e. The quantitative estimate of drug-likeness (QED) is 0.448. The molecule has 1 atom stereocenters. The first-order valence-corrected chi connectivity index (χ1v) is 8.13. The van der Waals surface area contributed by atoms with Crippen molar-refractivity contribution in [2.45, 2.75) is 24.3 Å². The number of hydrogen-bond acceptors (Lipinski definition) is 8. The number of halogens is 1.